The zero-order valence-electron chi connectivity index (χ0n) is 13.6. The molecule has 1 aromatic carbocycles. The minimum atomic E-state index is 0.239. The van der Waals surface area contributed by atoms with Crippen LogP contribution in [0.3, 0.4) is 0 Å². The van der Waals surface area contributed by atoms with Gasteiger partial charge in [0.1, 0.15) is 0 Å². The molecule has 2 unspecified atom stereocenters. The van der Waals surface area contributed by atoms with E-state index in [1.165, 1.54) is 30.4 Å². The van der Waals surface area contributed by atoms with Gasteiger partial charge in [0, 0.05) is 12.1 Å². The molecule has 0 heterocycles. The van der Waals surface area contributed by atoms with E-state index in [1.807, 2.05) is 0 Å². The molecule has 0 bridgehead atoms. The van der Waals surface area contributed by atoms with Crippen LogP contribution in [0, 0.1) is 0 Å². The first kappa shape index (κ1) is 16.2. The van der Waals surface area contributed by atoms with Crippen molar-refractivity contribution in [3.05, 3.63) is 35.4 Å². The summed E-state index contributed by atoms with van der Waals surface area (Å²) in [6, 6.07) is 10.2. The van der Waals surface area contributed by atoms with E-state index in [2.05, 4.69) is 71.1 Å². The summed E-state index contributed by atoms with van der Waals surface area (Å²) in [6.07, 6.45) is 3.72. The zero-order valence-corrected chi connectivity index (χ0v) is 13.6. The molecule has 0 saturated carbocycles. The Morgan fingerprint density at radius 2 is 1.63 bits per heavy atom. The summed E-state index contributed by atoms with van der Waals surface area (Å²) >= 11 is 0. The quantitative estimate of drug-likeness (QED) is 0.741. The molecule has 0 saturated heterocycles. The Labute approximate surface area is 119 Å². The van der Waals surface area contributed by atoms with Crippen LogP contribution in [0.4, 0.5) is 0 Å². The molecule has 1 heteroatoms. The van der Waals surface area contributed by atoms with Crippen molar-refractivity contribution in [1.29, 1.82) is 0 Å². The largest absolute Gasteiger partial charge is 0.307 e. The Kier molecular flexibility index (Phi) is 6.06. The number of nitrogens with one attached hydrogen (secondary N) is 1. The van der Waals surface area contributed by atoms with E-state index in [-0.39, 0.29) is 5.41 Å². The molecule has 1 aromatic rings. The van der Waals surface area contributed by atoms with Crippen LogP contribution in [0.15, 0.2) is 24.3 Å². The average Bonchev–Trinajstić information content (AvgIpc) is 2.37. The zero-order chi connectivity index (χ0) is 14.5. The van der Waals surface area contributed by atoms with Crippen LogP contribution in [0.2, 0.25) is 0 Å². The highest BCUT2D eigenvalue weighted by atomic mass is 14.9. The van der Waals surface area contributed by atoms with Gasteiger partial charge in [-0.2, -0.15) is 0 Å². The number of hydrogen-bond acceptors (Lipinski definition) is 1. The Morgan fingerprint density at radius 3 is 2.05 bits per heavy atom. The van der Waals surface area contributed by atoms with E-state index in [1.54, 1.807) is 0 Å². The first-order chi connectivity index (χ1) is 8.88. The van der Waals surface area contributed by atoms with Gasteiger partial charge in [0.05, 0.1) is 0 Å². The third-order valence-corrected chi connectivity index (χ3v) is 3.89. The van der Waals surface area contributed by atoms with E-state index in [0.29, 0.717) is 12.1 Å². The molecule has 0 aliphatic heterocycles. The second-order valence-electron chi connectivity index (χ2n) is 6.65. The maximum absolute atomic E-state index is 3.74. The molecule has 0 amide bonds. The van der Waals surface area contributed by atoms with Crippen LogP contribution in [0.5, 0.6) is 0 Å². The standard InChI is InChI=1S/C18H31N/c1-7-9-17(8-2)19-14(3)15-10-12-16(13-11-15)18(4,5)6/h10-14,17,19H,7-9H2,1-6H3. The van der Waals surface area contributed by atoms with Crippen molar-refractivity contribution in [3.8, 4) is 0 Å². The van der Waals surface area contributed by atoms with E-state index in [9.17, 15) is 0 Å². The lowest BCUT2D eigenvalue weighted by Crippen LogP contribution is -2.30. The van der Waals surface area contributed by atoms with Crippen molar-refractivity contribution in [3.63, 3.8) is 0 Å². The van der Waals surface area contributed by atoms with Crippen molar-refractivity contribution in [1.82, 2.24) is 5.32 Å². The molecule has 0 fully saturated rings. The van der Waals surface area contributed by atoms with Gasteiger partial charge in [-0.15, -0.1) is 0 Å². The molecule has 1 nitrogen and oxygen atoms in total. The van der Waals surface area contributed by atoms with Crippen molar-refractivity contribution >= 4 is 0 Å². The maximum atomic E-state index is 3.74. The van der Waals surface area contributed by atoms with Gasteiger partial charge >= 0.3 is 0 Å². The Morgan fingerprint density at radius 1 is 1.05 bits per heavy atom. The van der Waals surface area contributed by atoms with Gasteiger partial charge < -0.3 is 5.32 Å². The normalized spacial score (nSPS) is 15.3. The van der Waals surface area contributed by atoms with E-state index in [4.69, 9.17) is 0 Å². The van der Waals surface area contributed by atoms with Crippen molar-refractivity contribution < 1.29 is 0 Å². The topological polar surface area (TPSA) is 12.0 Å². The van der Waals surface area contributed by atoms with E-state index >= 15 is 0 Å². The first-order valence-electron chi connectivity index (χ1n) is 7.75. The summed E-state index contributed by atoms with van der Waals surface area (Å²) in [7, 11) is 0. The average molecular weight is 261 g/mol. The van der Waals surface area contributed by atoms with Crippen LogP contribution in [0.25, 0.3) is 0 Å². The van der Waals surface area contributed by atoms with Gasteiger partial charge in [-0.25, -0.2) is 0 Å². The molecule has 0 aromatic heterocycles. The lowest BCUT2D eigenvalue weighted by Gasteiger charge is -2.24. The van der Waals surface area contributed by atoms with Gasteiger partial charge in [-0.05, 0) is 36.3 Å². The van der Waals surface area contributed by atoms with E-state index in [0.717, 1.165) is 0 Å². The van der Waals surface area contributed by atoms with Crippen molar-refractivity contribution in [2.24, 2.45) is 0 Å². The fourth-order valence-corrected chi connectivity index (χ4v) is 2.48. The SMILES string of the molecule is CCCC(CC)NC(C)c1ccc(C(C)(C)C)cc1. The van der Waals surface area contributed by atoms with Gasteiger partial charge in [0.15, 0.2) is 0 Å². The monoisotopic (exact) mass is 261 g/mol. The third kappa shape index (κ3) is 4.99. The van der Waals surface area contributed by atoms with Gasteiger partial charge in [0.25, 0.3) is 0 Å². The molecule has 0 radical (unpaired) electrons. The minimum Gasteiger partial charge on any atom is -0.307 e. The fraction of sp³-hybridized carbons (Fsp3) is 0.667. The second kappa shape index (κ2) is 7.09. The molecule has 1 rings (SSSR count). The highest BCUT2D eigenvalue weighted by Crippen LogP contribution is 2.24. The summed E-state index contributed by atoms with van der Waals surface area (Å²) in [5.41, 5.74) is 3.04. The van der Waals surface area contributed by atoms with Crippen molar-refractivity contribution in [2.45, 2.75) is 78.3 Å². The van der Waals surface area contributed by atoms with Crippen LogP contribution in [-0.4, -0.2) is 6.04 Å². The third-order valence-electron chi connectivity index (χ3n) is 3.89. The molecule has 2 atom stereocenters. The van der Waals surface area contributed by atoms with Gasteiger partial charge in [-0.1, -0.05) is 65.3 Å². The molecule has 1 N–H and O–H groups in total. The number of benzene rings is 1. The molecular formula is C18H31N. The highest BCUT2D eigenvalue weighted by Gasteiger charge is 2.15. The Bertz CT molecular complexity index is 358. The molecule has 0 aliphatic rings. The minimum absolute atomic E-state index is 0.239. The van der Waals surface area contributed by atoms with Gasteiger partial charge in [0.2, 0.25) is 0 Å². The lowest BCUT2D eigenvalue weighted by molar-refractivity contribution is 0.417. The van der Waals surface area contributed by atoms with Crippen molar-refractivity contribution in [2.75, 3.05) is 0 Å². The summed E-state index contributed by atoms with van der Waals surface area (Å²) in [5.74, 6) is 0. The molecule has 0 spiro atoms. The summed E-state index contributed by atoms with van der Waals surface area (Å²) in [6.45, 7) is 13.6. The summed E-state index contributed by atoms with van der Waals surface area (Å²) in [5, 5.41) is 3.74. The Hall–Kier alpha value is -0.820. The van der Waals surface area contributed by atoms with Crippen LogP contribution in [-0.2, 0) is 5.41 Å². The Balaban J connectivity index is 2.69. The molecule has 0 aliphatic carbocycles. The van der Waals surface area contributed by atoms with Crippen LogP contribution >= 0.6 is 0 Å². The summed E-state index contributed by atoms with van der Waals surface area (Å²) in [4.78, 5) is 0. The predicted molar refractivity (Wildman–Crippen MR) is 85.7 cm³/mol. The van der Waals surface area contributed by atoms with Crippen LogP contribution in [0.1, 0.15) is 78.0 Å². The first-order valence-corrected chi connectivity index (χ1v) is 7.75. The van der Waals surface area contributed by atoms with Crippen LogP contribution < -0.4 is 5.32 Å². The second-order valence-corrected chi connectivity index (χ2v) is 6.65. The van der Waals surface area contributed by atoms with E-state index < -0.39 is 0 Å². The maximum Gasteiger partial charge on any atom is 0.0294 e. The highest BCUT2D eigenvalue weighted by molar-refractivity contribution is 5.29. The lowest BCUT2D eigenvalue weighted by atomic mass is 9.86. The molecule has 19 heavy (non-hydrogen) atoms. The number of hydrogen-bond donors (Lipinski definition) is 1. The molecule has 108 valence electrons. The molecular weight excluding hydrogens is 230 g/mol. The number of rotatable bonds is 6. The fourth-order valence-electron chi connectivity index (χ4n) is 2.48. The van der Waals surface area contributed by atoms with Gasteiger partial charge in [-0.3, -0.25) is 0 Å². The predicted octanol–water partition coefficient (Wildman–Crippen LogP) is 5.21. The smallest absolute Gasteiger partial charge is 0.0294 e. The summed E-state index contributed by atoms with van der Waals surface area (Å²) < 4.78 is 0.